The van der Waals surface area contributed by atoms with Crippen molar-refractivity contribution in [2.75, 3.05) is 51.3 Å². The van der Waals surface area contributed by atoms with Crippen LogP contribution in [0.4, 0.5) is 5.82 Å². The van der Waals surface area contributed by atoms with E-state index in [1.807, 2.05) is 52.1 Å². The maximum atomic E-state index is 6.10. The molecule has 0 spiro atoms. The molecule has 1 saturated heterocycles. The van der Waals surface area contributed by atoms with Gasteiger partial charge in [-0.05, 0) is 45.0 Å². The second-order valence-corrected chi connectivity index (χ2v) is 7.42. The van der Waals surface area contributed by atoms with Crippen molar-refractivity contribution in [2.45, 2.75) is 20.8 Å². The summed E-state index contributed by atoms with van der Waals surface area (Å²) in [6.07, 6.45) is 3.51. The number of rotatable bonds is 7. The molecule has 0 atom stereocenters. The highest BCUT2D eigenvalue weighted by Crippen LogP contribution is 2.29. The van der Waals surface area contributed by atoms with E-state index in [9.17, 15) is 0 Å². The standard InChI is InChI=1S/C23H32N6O/c1-5-30-20-8-6-19(7-9-20)22-23(27-11-10-26-22)29-14-12-28(13-15-29)16-21(17(2)24)18(3)25-4/h6-11H,5,12-16,24H2,1-4H3/b21-17-,25-18?. The Kier molecular flexibility index (Phi) is 7.41. The highest BCUT2D eigenvalue weighted by Gasteiger charge is 2.22. The van der Waals surface area contributed by atoms with E-state index < -0.39 is 0 Å². The fourth-order valence-electron chi connectivity index (χ4n) is 3.64. The van der Waals surface area contributed by atoms with Gasteiger partial charge >= 0.3 is 0 Å². The maximum Gasteiger partial charge on any atom is 0.155 e. The third-order valence-electron chi connectivity index (χ3n) is 5.42. The number of anilines is 1. The summed E-state index contributed by atoms with van der Waals surface area (Å²) in [6.45, 7) is 11.1. The van der Waals surface area contributed by atoms with E-state index in [4.69, 9.17) is 10.5 Å². The predicted molar refractivity (Wildman–Crippen MR) is 123 cm³/mol. The predicted octanol–water partition coefficient (Wildman–Crippen LogP) is 2.99. The van der Waals surface area contributed by atoms with Crippen LogP contribution in [0, 0.1) is 0 Å². The number of hydrogen-bond acceptors (Lipinski definition) is 7. The summed E-state index contributed by atoms with van der Waals surface area (Å²) in [7, 11) is 1.81. The van der Waals surface area contributed by atoms with Crippen LogP contribution in [0.3, 0.4) is 0 Å². The molecule has 160 valence electrons. The van der Waals surface area contributed by atoms with Crippen molar-refractivity contribution in [1.82, 2.24) is 14.9 Å². The molecule has 30 heavy (non-hydrogen) atoms. The van der Waals surface area contributed by atoms with Gasteiger partial charge in [0.2, 0.25) is 0 Å². The summed E-state index contributed by atoms with van der Waals surface area (Å²) in [5.74, 6) is 1.80. The molecule has 1 aliphatic rings. The molecule has 2 N–H and O–H groups in total. The van der Waals surface area contributed by atoms with Gasteiger partial charge in [0, 0.05) is 74.7 Å². The molecule has 0 amide bonds. The summed E-state index contributed by atoms with van der Waals surface area (Å²) >= 11 is 0. The normalized spacial score (nSPS) is 16.4. The molecule has 1 aromatic carbocycles. The van der Waals surface area contributed by atoms with Gasteiger partial charge in [0.15, 0.2) is 5.82 Å². The molecule has 1 fully saturated rings. The summed E-state index contributed by atoms with van der Waals surface area (Å²) in [4.78, 5) is 18.3. The monoisotopic (exact) mass is 408 g/mol. The Balaban J connectivity index is 1.71. The lowest BCUT2D eigenvalue weighted by atomic mass is 10.1. The number of hydrogen-bond donors (Lipinski definition) is 1. The van der Waals surface area contributed by atoms with Crippen molar-refractivity contribution in [3.05, 3.63) is 47.9 Å². The van der Waals surface area contributed by atoms with Gasteiger partial charge in [-0.25, -0.2) is 4.98 Å². The molecule has 0 unspecified atom stereocenters. The number of piperazine rings is 1. The number of nitrogens with zero attached hydrogens (tertiary/aromatic N) is 5. The summed E-state index contributed by atoms with van der Waals surface area (Å²) in [6, 6.07) is 8.05. The van der Waals surface area contributed by atoms with Crippen LogP contribution < -0.4 is 15.4 Å². The number of aliphatic imine (C=N–C) groups is 1. The first-order valence-corrected chi connectivity index (χ1v) is 10.4. The van der Waals surface area contributed by atoms with Crippen molar-refractivity contribution >= 4 is 11.5 Å². The zero-order valence-corrected chi connectivity index (χ0v) is 18.4. The number of aromatic nitrogens is 2. The third-order valence-corrected chi connectivity index (χ3v) is 5.42. The van der Waals surface area contributed by atoms with Gasteiger partial charge in [0.1, 0.15) is 11.4 Å². The topological polar surface area (TPSA) is 79.9 Å². The van der Waals surface area contributed by atoms with Crippen LogP contribution >= 0.6 is 0 Å². The molecule has 2 heterocycles. The molecular formula is C23H32N6O. The minimum absolute atomic E-state index is 0.657. The first kappa shape index (κ1) is 21.8. The minimum Gasteiger partial charge on any atom is -0.494 e. The van der Waals surface area contributed by atoms with E-state index >= 15 is 0 Å². The summed E-state index contributed by atoms with van der Waals surface area (Å²) in [5.41, 5.74) is 11.0. The van der Waals surface area contributed by atoms with Crippen LogP contribution in [0.1, 0.15) is 20.8 Å². The van der Waals surface area contributed by atoms with E-state index in [-0.39, 0.29) is 0 Å². The molecule has 7 heteroatoms. The fraction of sp³-hybridized carbons (Fsp3) is 0.435. The van der Waals surface area contributed by atoms with Crippen LogP contribution in [0.5, 0.6) is 5.75 Å². The second kappa shape index (κ2) is 10.2. The van der Waals surface area contributed by atoms with Gasteiger partial charge in [-0.15, -0.1) is 0 Å². The third kappa shape index (κ3) is 5.16. The Morgan fingerprint density at radius 2 is 1.73 bits per heavy atom. The number of allylic oxidation sites excluding steroid dienone is 1. The lowest BCUT2D eigenvalue weighted by Crippen LogP contribution is -2.48. The van der Waals surface area contributed by atoms with Gasteiger partial charge in [-0.1, -0.05) is 0 Å². The van der Waals surface area contributed by atoms with Gasteiger partial charge in [0.25, 0.3) is 0 Å². The van der Waals surface area contributed by atoms with Crippen molar-refractivity contribution in [1.29, 1.82) is 0 Å². The highest BCUT2D eigenvalue weighted by atomic mass is 16.5. The molecule has 1 aromatic heterocycles. The minimum atomic E-state index is 0.657. The van der Waals surface area contributed by atoms with E-state index in [0.717, 1.165) is 72.5 Å². The average molecular weight is 409 g/mol. The smallest absolute Gasteiger partial charge is 0.155 e. The molecule has 1 aliphatic heterocycles. The van der Waals surface area contributed by atoms with Crippen molar-refractivity contribution < 1.29 is 4.74 Å². The zero-order valence-electron chi connectivity index (χ0n) is 18.4. The number of benzene rings is 1. The van der Waals surface area contributed by atoms with Gasteiger partial charge < -0.3 is 15.4 Å². The quantitative estimate of drug-likeness (QED) is 0.710. The summed E-state index contributed by atoms with van der Waals surface area (Å²) < 4.78 is 5.56. The van der Waals surface area contributed by atoms with Crippen LogP contribution in [0.15, 0.2) is 52.9 Å². The maximum absolute atomic E-state index is 6.10. The van der Waals surface area contributed by atoms with Gasteiger partial charge in [-0.3, -0.25) is 14.9 Å². The van der Waals surface area contributed by atoms with Crippen molar-refractivity contribution in [2.24, 2.45) is 10.7 Å². The van der Waals surface area contributed by atoms with Crippen molar-refractivity contribution in [3.63, 3.8) is 0 Å². The molecular weight excluding hydrogens is 376 g/mol. The second-order valence-electron chi connectivity index (χ2n) is 7.42. The molecule has 0 aliphatic carbocycles. The van der Waals surface area contributed by atoms with Crippen molar-refractivity contribution in [3.8, 4) is 17.0 Å². The molecule has 0 radical (unpaired) electrons. The zero-order chi connectivity index (χ0) is 21.5. The molecule has 0 saturated carbocycles. The number of ether oxygens (including phenoxy) is 1. The van der Waals surface area contributed by atoms with E-state index in [1.54, 1.807) is 12.4 Å². The molecule has 2 aromatic rings. The molecule has 3 rings (SSSR count). The lowest BCUT2D eigenvalue weighted by Gasteiger charge is -2.36. The highest BCUT2D eigenvalue weighted by molar-refractivity contribution is 5.99. The Bertz CT molecular complexity index is 894. The molecule has 7 nitrogen and oxygen atoms in total. The Morgan fingerprint density at radius 1 is 1.07 bits per heavy atom. The Hall–Kier alpha value is -2.93. The van der Waals surface area contributed by atoms with Crippen LogP contribution in [0.2, 0.25) is 0 Å². The SMILES string of the molecule is CCOc1ccc(-c2nccnc2N2CCN(C/C(C(C)=NC)=C(\C)N)CC2)cc1. The first-order valence-electron chi connectivity index (χ1n) is 10.4. The Labute approximate surface area is 179 Å². The van der Waals surface area contributed by atoms with E-state index in [1.165, 1.54) is 0 Å². The number of nitrogens with two attached hydrogens (primary N) is 1. The van der Waals surface area contributed by atoms with Crippen LogP contribution in [0.25, 0.3) is 11.3 Å². The van der Waals surface area contributed by atoms with E-state index in [0.29, 0.717) is 6.61 Å². The molecule has 0 bridgehead atoms. The van der Waals surface area contributed by atoms with Crippen LogP contribution in [-0.2, 0) is 0 Å². The Morgan fingerprint density at radius 3 is 2.33 bits per heavy atom. The van der Waals surface area contributed by atoms with E-state index in [2.05, 4.69) is 24.8 Å². The van der Waals surface area contributed by atoms with Crippen LogP contribution in [-0.4, -0.2) is 67.0 Å². The van der Waals surface area contributed by atoms with Gasteiger partial charge in [0.05, 0.1) is 6.61 Å². The van der Waals surface area contributed by atoms with Gasteiger partial charge in [-0.2, -0.15) is 0 Å². The average Bonchev–Trinajstić information content (AvgIpc) is 2.78. The fourth-order valence-corrected chi connectivity index (χ4v) is 3.64. The lowest BCUT2D eigenvalue weighted by molar-refractivity contribution is 0.280. The largest absolute Gasteiger partial charge is 0.494 e. The summed E-state index contributed by atoms with van der Waals surface area (Å²) in [5, 5.41) is 0. The first-order chi connectivity index (χ1) is 14.5.